The summed E-state index contributed by atoms with van der Waals surface area (Å²) in [5.74, 6) is -0.438. The standard InChI is InChI=1S/C18H13Cl2N5OS/c1-9-6-11(10(2)24(9)14-5-3-4-13(19)15(14)20)7-12-16(21)25-18(23-17(12)26)27-8-22-25/h3-8,21H,1-2H3. The molecular formula is C18H13Cl2N5OS. The van der Waals surface area contributed by atoms with E-state index in [2.05, 4.69) is 10.1 Å². The molecule has 0 radical (unpaired) electrons. The minimum Gasteiger partial charge on any atom is -0.316 e. The second-order valence-corrected chi connectivity index (χ2v) is 7.59. The molecule has 0 atom stereocenters. The Balaban J connectivity index is 1.82. The number of rotatable bonds is 2. The quantitative estimate of drug-likeness (QED) is 0.722. The SMILES string of the molecule is Cc1cc(C=C2C(=N)N3N=CSC3=NC2=O)c(C)n1-c1cccc(Cl)c1Cl. The molecule has 6 nitrogen and oxygen atoms in total. The van der Waals surface area contributed by atoms with E-state index in [4.69, 9.17) is 28.6 Å². The van der Waals surface area contributed by atoms with Crippen LogP contribution in [0.4, 0.5) is 0 Å². The highest BCUT2D eigenvalue weighted by molar-refractivity contribution is 8.25. The summed E-state index contributed by atoms with van der Waals surface area (Å²) in [6, 6.07) is 7.38. The average Bonchev–Trinajstić information content (AvgIpc) is 3.19. The van der Waals surface area contributed by atoms with Gasteiger partial charge in [-0.2, -0.15) is 15.1 Å². The van der Waals surface area contributed by atoms with Crippen LogP contribution in [0.2, 0.25) is 10.0 Å². The first-order valence-electron chi connectivity index (χ1n) is 7.94. The molecule has 0 aliphatic carbocycles. The second kappa shape index (κ2) is 6.67. The largest absolute Gasteiger partial charge is 0.316 e. The highest BCUT2D eigenvalue weighted by Gasteiger charge is 2.32. The number of carbonyl (C=O) groups is 1. The molecule has 2 aliphatic heterocycles. The third-order valence-electron chi connectivity index (χ3n) is 4.34. The number of aromatic nitrogens is 1. The van der Waals surface area contributed by atoms with Gasteiger partial charge in [0.25, 0.3) is 5.91 Å². The van der Waals surface area contributed by atoms with Gasteiger partial charge < -0.3 is 4.57 Å². The topological polar surface area (TPSA) is 73.8 Å². The fourth-order valence-corrected chi connectivity index (χ4v) is 4.05. The Morgan fingerprint density at radius 3 is 2.81 bits per heavy atom. The van der Waals surface area contributed by atoms with Crippen LogP contribution in [0.1, 0.15) is 17.0 Å². The number of carbonyl (C=O) groups excluding carboxylic acids is 1. The molecule has 1 aromatic carbocycles. The van der Waals surface area contributed by atoms with E-state index in [1.165, 1.54) is 16.8 Å². The lowest BCUT2D eigenvalue weighted by Gasteiger charge is -2.20. The maximum atomic E-state index is 12.4. The zero-order chi connectivity index (χ0) is 19.3. The molecule has 0 spiro atoms. The number of benzene rings is 1. The summed E-state index contributed by atoms with van der Waals surface area (Å²) in [7, 11) is 0. The Hall–Kier alpha value is -2.35. The molecule has 3 heterocycles. The number of hydrazone groups is 1. The molecule has 0 bridgehead atoms. The first kappa shape index (κ1) is 18.0. The Bertz CT molecular complexity index is 1100. The van der Waals surface area contributed by atoms with Crippen LogP contribution in [0, 0.1) is 19.3 Å². The van der Waals surface area contributed by atoms with Crippen molar-refractivity contribution >= 4 is 63.5 Å². The summed E-state index contributed by atoms with van der Waals surface area (Å²) in [5, 5.41) is 15.0. The predicted molar refractivity (Wildman–Crippen MR) is 111 cm³/mol. The number of aliphatic imine (C=N–C) groups is 1. The molecule has 136 valence electrons. The number of aryl methyl sites for hydroxylation is 1. The molecule has 1 N–H and O–H groups in total. The lowest BCUT2D eigenvalue weighted by Crippen LogP contribution is -2.35. The van der Waals surface area contributed by atoms with Gasteiger partial charge in [0, 0.05) is 11.4 Å². The summed E-state index contributed by atoms with van der Waals surface area (Å²) in [5.41, 5.74) is 5.10. The van der Waals surface area contributed by atoms with Crippen molar-refractivity contribution in [2.45, 2.75) is 13.8 Å². The van der Waals surface area contributed by atoms with Crippen LogP contribution < -0.4 is 0 Å². The van der Waals surface area contributed by atoms with Crippen molar-refractivity contribution in [2.24, 2.45) is 10.1 Å². The normalized spacial score (nSPS) is 17.7. The van der Waals surface area contributed by atoms with Gasteiger partial charge in [0.2, 0.25) is 0 Å². The van der Waals surface area contributed by atoms with Crippen molar-refractivity contribution in [3.8, 4) is 5.69 Å². The van der Waals surface area contributed by atoms with Crippen LogP contribution in [0.5, 0.6) is 0 Å². The third-order valence-corrected chi connectivity index (χ3v) is 5.82. The van der Waals surface area contributed by atoms with E-state index in [9.17, 15) is 4.79 Å². The van der Waals surface area contributed by atoms with Crippen molar-refractivity contribution in [1.29, 1.82) is 5.41 Å². The number of nitrogens with zero attached hydrogens (tertiary/aromatic N) is 4. The van der Waals surface area contributed by atoms with Gasteiger partial charge in [0.15, 0.2) is 11.0 Å². The van der Waals surface area contributed by atoms with Gasteiger partial charge in [-0.05, 0) is 55.4 Å². The minimum absolute atomic E-state index is 0.0110. The first-order chi connectivity index (χ1) is 12.9. The molecule has 1 amide bonds. The van der Waals surface area contributed by atoms with E-state index in [-0.39, 0.29) is 11.4 Å². The van der Waals surface area contributed by atoms with Gasteiger partial charge in [0.1, 0.15) is 0 Å². The molecule has 0 saturated heterocycles. The van der Waals surface area contributed by atoms with E-state index in [0.717, 1.165) is 22.6 Å². The summed E-state index contributed by atoms with van der Waals surface area (Å²) < 4.78 is 1.97. The highest BCUT2D eigenvalue weighted by Crippen LogP contribution is 2.33. The maximum Gasteiger partial charge on any atom is 0.283 e. The van der Waals surface area contributed by atoms with E-state index < -0.39 is 5.91 Å². The number of fused-ring (bicyclic) bond motifs is 1. The zero-order valence-electron chi connectivity index (χ0n) is 14.3. The molecule has 27 heavy (non-hydrogen) atoms. The monoisotopic (exact) mass is 417 g/mol. The molecule has 2 aliphatic rings. The van der Waals surface area contributed by atoms with E-state index in [1.807, 2.05) is 36.6 Å². The van der Waals surface area contributed by atoms with Gasteiger partial charge >= 0.3 is 0 Å². The number of amidine groups is 2. The molecule has 2 aromatic rings. The van der Waals surface area contributed by atoms with Gasteiger partial charge in [-0.15, -0.1) is 0 Å². The van der Waals surface area contributed by atoms with Crippen molar-refractivity contribution in [1.82, 2.24) is 9.58 Å². The summed E-state index contributed by atoms with van der Waals surface area (Å²) in [4.78, 5) is 16.4. The molecule has 0 saturated carbocycles. The number of thioether (sulfide) groups is 1. The van der Waals surface area contributed by atoms with Crippen molar-refractivity contribution < 1.29 is 4.79 Å². The fraction of sp³-hybridized carbons (Fsp3) is 0.111. The van der Waals surface area contributed by atoms with Crippen molar-refractivity contribution in [3.05, 3.63) is 56.8 Å². The Labute approximate surface area is 169 Å². The lowest BCUT2D eigenvalue weighted by atomic mass is 10.1. The molecule has 0 unspecified atom stereocenters. The Kier molecular flexibility index (Phi) is 4.46. The molecule has 4 rings (SSSR count). The Morgan fingerprint density at radius 1 is 1.26 bits per heavy atom. The number of hydrogen-bond acceptors (Lipinski definition) is 4. The number of amides is 1. The smallest absolute Gasteiger partial charge is 0.283 e. The third kappa shape index (κ3) is 2.92. The van der Waals surface area contributed by atoms with E-state index in [1.54, 1.807) is 17.7 Å². The minimum atomic E-state index is -0.449. The second-order valence-electron chi connectivity index (χ2n) is 5.99. The summed E-state index contributed by atoms with van der Waals surface area (Å²) in [6.45, 7) is 3.87. The number of nitrogens with one attached hydrogen (secondary N) is 1. The van der Waals surface area contributed by atoms with Crippen LogP contribution in [0.15, 0.2) is 39.9 Å². The van der Waals surface area contributed by atoms with E-state index >= 15 is 0 Å². The summed E-state index contributed by atoms with van der Waals surface area (Å²) in [6.07, 6.45) is 1.67. The van der Waals surface area contributed by atoms with Gasteiger partial charge in [-0.25, -0.2) is 0 Å². The maximum absolute atomic E-state index is 12.4. The molecule has 9 heteroatoms. The molecule has 0 fully saturated rings. The molecular weight excluding hydrogens is 405 g/mol. The zero-order valence-corrected chi connectivity index (χ0v) is 16.7. The van der Waals surface area contributed by atoms with Crippen LogP contribution in [0.25, 0.3) is 11.8 Å². The lowest BCUT2D eigenvalue weighted by molar-refractivity contribution is -0.114. The van der Waals surface area contributed by atoms with Crippen LogP contribution in [-0.4, -0.2) is 32.0 Å². The summed E-state index contributed by atoms with van der Waals surface area (Å²) >= 11 is 13.8. The van der Waals surface area contributed by atoms with Gasteiger partial charge in [0.05, 0.1) is 26.9 Å². The first-order valence-corrected chi connectivity index (χ1v) is 9.58. The van der Waals surface area contributed by atoms with Gasteiger partial charge in [-0.1, -0.05) is 29.3 Å². The number of hydrogen-bond donors (Lipinski definition) is 1. The number of halogens is 2. The van der Waals surface area contributed by atoms with Crippen molar-refractivity contribution in [2.75, 3.05) is 0 Å². The van der Waals surface area contributed by atoms with Crippen LogP contribution in [0.3, 0.4) is 0 Å². The Morgan fingerprint density at radius 2 is 2.04 bits per heavy atom. The van der Waals surface area contributed by atoms with E-state index in [0.29, 0.717) is 15.2 Å². The van der Waals surface area contributed by atoms with Crippen molar-refractivity contribution in [3.63, 3.8) is 0 Å². The fourth-order valence-electron chi connectivity index (χ4n) is 3.06. The molecule has 1 aromatic heterocycles. The van der Waals surface area contributed by atoms with Gasteiger partial charge in [-0.3, -0.25) is 10.2 Å². The average molecular weight is 418 g/mol. The van der Waals surface area contributed by atoms with Crippen LogP contribution >= 0.6 is 35.0 Å². The highest BCUT2D eigenvalue weighted by atomic mass is 35.5. The predicted octanol–water partition coefficient (Wildman–Crippen LogP) is 4.65. The van der Waals surface area contributed by atoms with Crippen LogP contribution in [-0.2, 0) is 4.79 Å².